The maximum atomic E-state index is 12.4. The Hall–Kier alpha value is -2.66. The largest absolute Gasteiger partial charge is 0.329 e. The summed E-state index contributed by atoms with van der Waals surface area (Å²) in [5, 5.41) is 2.89. The smallest absolute Gasteiger partial charge is 0.255 e. The molecule has 1 N–H and O–H groups in total. The fourth-order valence-electron chi connectivity index (χ4n) is 2.26. The van der Waals surface area contributed by atoms with Gasteiger partial charge in [-0.3, -0.25) is 4.79 Å². The molecule has 0 fully saturated rings. The number of halogens is 1. The van der Waals surface area contributed by atoms with E-state index >= 15 is 0 Å². The van der Waals surface area contributed by atoms with Crippen LogP contribution in [0, 0.1) is 0 Å². The van der Waals surface area contributed by atoms with Crippen molar-refractivity contribution < 1.29 is 4.79 Å². The van der Waals surface area contributed by atoms with Crippen LogP contribution in [0.25, 0.3) is 0 Å². The maximum Gasteiger partial charge on any atom is 0.255 e. The summed E-state index contributed by atoms with van der Waals surface area (Å²) in [5.41, 5.74) is 2.32. The van der Waals surface area contributed by atoms with Crippen LogP contribution in [-0.2, 0) is 0 Å². The molecule has 0 saturated carbocycles. The summed E-state index contributed by atoms with van der Waals surface area (Å²) < 4.78 is 0.969. The Morgan fingerprint density at radius 3 is 2.46 bits per heavy atom. The van der Waals surface area contributed by atoms with E-state index in [1.54, 1.807) is 18.3 Å². The Balaban J connectivity index is 1.79. The number of nitrogens with one attached hydrogen (secondary N) is 1. The number of carbonyl (C=O) groups is 1. The van der Waals surface area contributed by atoms with Crippen molar-refractivity contribution in [2.45, 2.75) is 0 Å². The van der Waals surface area contributed by atoms with Gasteiger partial charge in [-0.2, -0.15) is 0 Å². The molecule has 0 aliphatic carbocycles. The average molecular weight is 382 g/mol. The highest BCUT2D eigenvalue weighted by Crippen LogP contribution is 2.22. The molecule has 1 aromatic heterocycles. The lowest BCUT2D eigenvalue weighted by molar-refractivity contribution is 0.102. The van der Waals surface area contributed by atoms with Gasteiger partial charge in [-0.25, -0.2) is 4.98 Å². The molecule has 0 saturated heterocycles. The highest BCUT2D eigenvalue weighted by molar-refractivity contribution is 9.10. The zero-order chi connectivity index (χ0) is 16.9. The van der Waals surface area contributed by atoms with E-state index in [0.29, 0.717) is 11.4 Å². The molecule has 4 nitrogen and oxygen atoms in total. The molecule has 0 unspecified atom stereocenters. The van der Waals surface area contributed by atoms with E-state index < -0.39 is 0 Å². The number of hydrogen-bond donors (Lipinski definition) is 1. The molecule has 3 rings (SSSR count). The van der Waals surface area contributed by atoms with Crippen molar-refractivity contribution in [3.05, 3.63) is 83.0 Å². The van der Waals surface area contributed by atoms with Crippen LogP contribution >= 0.6 is 15.9 Å². The highest BCUT2D eigenvalue weighted by Gasteiger charge is 2.10. The standard InChI is InChI=1S/C19H16BrN3O/c1-23(17-5-3-2-4-6-17)18-13-14(11-12-21-18)19(24)22-16-9-7-15(20)8-10-16/h2-13H,1H3,(H,22,24). The van der Waals surface area contributed by atoms with E-state index in [0.717, 1.165) is 15.8 Å². The molecule has 0 aliphatic heterocycles. The first-order valence-electron chi connectivity index (χ1n) is 7.45. The predicted octanol–water partition coefficient (Wildman–Crippen LogP) is 4.86. The Morgan fingerprint density at radius 1 is 1.04 bits per heavy atom. The molecule has 1 heterocycles. The van der Waals surface area contributed by atoms with Gasteiger partial charge in [0.05, 0.1) is 0 Å². The highest BCUT2D eigenvalue weighted by atomic mass is 79.9. The zero-order valence-electron chi connectivity index (χ0n) is 13.1. The summed E-state index contributed by atoms with van der Waals surface area (Å²) in [6, 6.07) is 20.8. The number of amides is 1. The van der Waals surface area contributed by atoms with Gasteiger partial charge in [0.25, 0.3) is 5.91 Å². The number of pyridine rings is 1. The number of hydrogen-bond acceptors (Lipinski definition) is 3. The molecular weight excluding hydrogens is 366 g/mol. The van der Waals surface area contributed by atoms with E-state index in [1.807, 2.05) is 66.5 Å². The molecule has 1 amide bonds. The molecule has 0 aliphatic rings. The third-order valence-electron chi connectivity index (χ3n) is 3.60. The van der Waals surface area contributed by atoms with Gasteiger partial charge in [-0.15, -0.1) is 0 Å². The van der Waals surface area contributed by atoms with Crippen molar-refractivity contribution in [1.29, 1.82) is 0 Å². The topological polar surface area (TPSA) is 45.2 Å². The fourth-order valence-corrected chi connectivity index (χ4v) is 2.53. The van der Waals surface area contributed by atoms with Crippen molar-refractivity contribution in [1.82, 2.24) is 4.98 Å². The normalized spacial score (nSPS) is 10.2. The van der Waals surface area contributed by atoms with Gasteiger partial charge in [0, 0.05) is 34.7 Å². The van der Waals surface area contributed by atoms with Gasteiger partial charge in [-0.05, 0) is 48.5 Å². The zero-order valence-corrected chi connectivity index (χ0v) is 14.7. The van der Waals surface area contributed by atoms with Gasteiger partial charge in [0.1, 0.15) is 5.82 Å². The number of anilines is 3. The number of carbonyl (C=O) groups excluding carboxylic acids is 1. The molecule has 0 spiro atoms. The number of rotatable bonds is 4. The minimum atomic E-state index is -0.164. The van der Waals surface area contributed by atoms with E-state index in [1.165, 1.54) is 0 Å². The minimum absolute atomic E-state index is 0.164. The average Bonchev–Trinajstić information content (AvgIpc) is 2.64. The Kier molecular flexibility index (Phi) is 4.91. The van der Waals surface area contributed by atoms with Crippen LogP contribution in [0.5, 0.6) is 0 Å². The van der Waals surface area contributed by atoms with Gasteiger partial charge >= 0.3 is 0 Å². The minimum Gasteiger partial charge on any atom is -0.329 e. The summed E-state index contributed by atoms with van der Waals surface area (Å²) in [6.45, 7) is 0. The van der Waals surface area contributed by atoms with E-state index in [4.69, 9.17) is 0 Å². The van der Waals surface area contributed by atoms with Crippen LogP contribution in [0.3, 0.4) is 0 Å². The van der Waals surface area contributed by atoms with Gasteiger partial charge in [0.2, 0.25) is 0 Å². The molecule has 24 heavy (non-hydrogen) atoms. The SMILES string of the molecule is CN(c1ccccc1)c1cc(C(=O)Nc2ccc(Br)cc2)ccn1. The lowest BCUT2D eigenvalue weighted by atomic mass is 10.2. The van der Waals surface area contributed by atoms with Crippen molar-refractivity contribution >= 4 is 39.0 Å². The first kappa shape index (κ1) is 16.2. The van der Waals surface area contributed by atoms with Gasteiger partial charge < -0.3 is 10.2 Å². The second-order valence-corrected chi connectivity index (χ2v) is 6.17. The Labute approximate surface area is 149 Å². The number of para-hydroxylation sites is 1. The second-order valence-electron chi connectivity index (χ2n) is 5.26. The van der Waals surface area contributed by atoms with Crippen LogP contribution in [0.1, 0.15) is 10.4 Å². The molecule has 2 aromatic carbocycles. The van der Waals surface area contributed by atoms with Gasteiger partial charge in [-0.1, -0.05) is 34.1 Å². The van der Waals surface area contributed by atoms with Crippen LogP contribution in [0.2, 0.25) is 0 Å². The van der Waals surface area contributed by atoms with E-state index in [-0.39, 0.29) is 5.91 Å². The number of aromatic nitrogens is 1. The molecule has 3 aromatic rings. The molecular formula is C19H16BrN3O. The van der Waals surface area contributed by atoms with E-state index in [9.17, 15) is 4.79 Å². The Morgan fingerprint density at radius 2 is 1.75 bits per heavy atom. The van der Waals surface area contributed by atoms with Crippen LogP contribution < -0.4 is 10.2 Å². The molecule has 0 bridgehead atoms. The second kappa shape index (κ2) is 7.27. The van der Waals surface area contributed by atoms with Crippen molar-refractivity contribution in [2.24, 2.45) is 0 Å². The molecule has 0 radical (unpaired) electrons. The summed E-state index contributed by atoms with van der Waals surface area (Å²) in [7, 11) is 1.92. The molecule has 5 heteroatoms. The van der Waals surface area contributed by atoms with Crippen molar-refractivity contribution in [2.75, 3.05) is 17.3 Å². The third kappa shape index (κ3) is 3.81. The predicted molar refractivity (Wildman–Crippen MR) is 101 cm³/mol. The monoisotopic (exact) mass is 381 g/mol. The van der Waals surface area contributed by atoms with Crippen LogP contribution in [-0.4, -0.2) is 17.9 Å². The summed E-state index contributed by atoms with van der Waals surface area (Å²) in [4.78, 5) is 18.7. The van der Waals surface area contributed by atoms with E-state index in [2.05, 4.69) is 26.2 Å². The Bertz CT molecular complexity index is 835. The third-order valence-corrected chi connectivity index (χ3v) is 4.13. The molecule has 120 valence electrons. The van der Waals surface area contributed by atoms with Crippen molar-refractivity contribution in [3.63, 3.8) is 0 Å². The fraction of sp³-hybridized carbons (Fsp3) is 0.0526. The van der Waals surface area contributed by atoms with Gasteiger partial charge in [0.15, 0.2) is 0 Å². The lowest BCUT2D eigenvalue weighted by Crippen LogP contribution is -2.15. The van der Waals surface area contributed by atoms with Crippen molar-refractivity contribution in [3.8, 4) is 0 Å². The number of nitrogens with zero attached hydrogens (tertiary/aromatic N) is 2. The molecule has 0 atom stereocenters. The number of benzene rings is 2. The van der Waals surface area contributed by atoms with Crippen LogP contribution in [0.15, 0.2) is 77.4 Å². The van der Waals surface area contributed by atoms with Crippen LogP contribution in [0.4, 0.5) is 17.2 Å². The summed E-state index contributed by atoms with van der Waals surface area (Å²) >= 11 is 3.38. The summed E-state index contributed by atoms with van der Waals surface area (Å²) in [6.07, 6.45) is 1.64. The maximum absolute atomic E-state index is 12.4. The lowest BCUT2D eigenvalue weighted by Gasteiger charge is -2.18. The summed E-state index contributed by atoms with van der Waals surface area (Å²) in [5.74, 6) is 0.548. The quantitative estimate of drug-likeness (QED) is 0.701. The first-order chi connectivity index (χ1) is 11.6. The first-order valence-corrected chi connectivity index (χ1v) is 8.24.